The van der Waals surface area contributed by atoms with E-state index in [4.69, 9.17) is 10.5 Å². The third-order valence-electron chi connectivity index (χ3n) is 5.12. The molecule has 1 fully saturated rings. The highest BCUT2D eigenvalue weighted by atomic mass is 32.1. The Morgan fingerprint density at radius 1 is 1.28 bits per heavy atom. The van der Waals surface area contributed by atoms with E-state index in [1.54, 1.807) is 13.1 Å². The first-order chi connectivity index (χ1) is 17.4. The number of nitrogens with one attached hydrogen (secondary N) is 1. The van der Waals surface area contributed by atoms with Crippen LogP contribution >= 0.6 is 11.3 Å². The maximum absolute atomic E-state index is 13.5. The fourth-order valence-electron chi connectivity index (χ4n) is 3.18. The first-order valence-electron chi connectivity index (χ1n) is 10.8. The van der Waals surface area contributed by atoms with Gasteiger partial charge in [-0.3, -0.25) is 25.1 Å². The maximum Gasteiger partial charge on any atom is 0.280 e. The molecule has 12 heteroatoms. The Hall–Kier alpha value is -4.24. The molecular weight excluding hydrogens is 488 g/mol. The quantitative estimate of drug-likeness (QED) is 0.364. The highest BCUT2D eigenvalue weighted by Gasteiger charge is 2.22. The van der Waals surface area contributed by atoms with Gasteiger partial charge in [0.05, 0.1) is 24.6 Å². The van der Waals surface area contributed by atoms with E-state index in [1.807, 2.05) is 0 Å². The van der Waals surface area contributed by atoms with Crippen LogP contribution in [0.4, 0.5) is 13.9 Å². The van der Waals surface area contributed by atoms with Crippen molar-refractivity contribution in [1.82, 2.24) is 20.2 Å². The summed E-state index contributed by atoms with van der Waals surface area (Å²) in [4.78, 5) is 25.3. The molecule has 0 radical (unpaired) electrons. The summed E-state index contributed by atoms with van der Waals surface area (Å²) in [5.74, 6) is 6.07. The minimum Gasteiger partial charge on any atom is -0.494 e. The Morgan fingerprint density at radius 2 is 2.08 bits per heavy atom. The molecule has 0 bridgehead atoms. The molecule has 0 atom stereocenters. The van der Waals surface area contributed by atoms with Gasteiger partial charge in [-0.15, -0.1) is 10.2 Å². The van der Waals surface area contributed by atoms with Gasteiger partial charge in [-0.1, -0.05) is 17.3 Å². The van der Waals surface area contributed by atoms with Crippen LogP contribution in [0.2, 0.25) is 0 Å². The van der Waals surface area contributed by atoms with Crippen molar-refractivity contribution in [2.24, 2.45) is 16.6 Å². The number of amides is 1. The van der Waals surface area contributed by atoms with Gasteiger partial charge in [-0.2, -0.15) is 0 Å². The number of hydrogen-bond donors (Lipinski definition) is 2. The number of ether oxygens (including phenoxy) is 1. The molecule has 184 valence electrons. The fourth-order valence-corrected chi connectivity index (χ4v) is 3.78. The summed E-state index contributed by atoms with van der Waals surface area (Å²) in [6.07, 6.45) is 4.64. The highest BCUT2D eigenvalue weighted by Crippen LogP contribution is 2.36. The van der Waals surface area contributed by atoms with Crippen molar-refractivity contribution >= 4 is 34.2 Å². The van der Waals surface area contributed by atoms with Crippen LogP contribution in [0.5, 0.6) is 5.75 Å². The van der Waals surface area contributed by atoms with Gasteiger partial charge in [-0.05, 0) is 30.9 Å². The van der Waals surface area contributed by atoms with Gasteiger partial charge in [0.15, 0.2) is 5.01 Å². The molecule has 3 N–H and O–H groups in total. The second kappa shape index (κ2) is 11.0. The van der Waals surface area contributed by atoms with Crippen molar-refractivity contribution in [1.29, 1.82) is 0 Å². The molecule has 3 aromatic rings. The molecule has 9 nitrogen and oxygen atoms in total. The molecule has 3 aromatic heterocycles. The monoisotopic (exact) mass is 509 g/mol. The lowest BCUT2D eigenvalue weighted by atomic mass is 9.98. The van der Waals surface area contributed by atoms with Crippen LogP contribution in [0, 0.1) is 17.8 Å². The number of rotatable bonds is 7. The predicted molar refractivity (Wildman–Crippen MR) is 133 cm³/mol. The van der Waals surface area contributed by atoms with E-state index in [-0.39, 0.29) is 27.6 Å². The lowest BCUT2D eigenvalue weighted by molar-refractivity contribution is 0.102. The number of anilines is 1. The van der Waals surface area contributed by atoms with Crippen LogP contribution in [0.15, 0.2) is 35.7 Å². The number of allylic oxidation sites excluding steroid dienone is 1. The first kappa shape index (κ1) is 24.9. The van der Waals surface area contributed by atoms with Gasteiger partial charge in [0.2, 0.25) is 5.13 Å². The number of hydrogen-bond acceptors (Lipinski definition) is 9. The van der Waals surface area contributed by atoms with Gasteiger partial charge in [-0.25, -0.2) is 8.78 Å². The Bertz CT molecular complexity index is 1400. The molecule has 0 saturated heterocycles. The Balaban J connectivity index is 1.76. The summed E-state index contributed by atoms with van der Waals surface area (Å²) in [6, 6.07) is 2.73. The molecule has 36 heavy (non-hydrogen) atoms. The van der Waals surface area contributed by atoms with Crippen molar-refractivity contribution < 1.29 is 18.3 Å². The molecule has 0 unspecified atom stereocenters. The number of pyridine rings is 2. The van der Waals surface area contributed by atoms with E-state index in [2.05, 4.69) is 42.3 Å². The predicted octanol–water partition coefficient (Wildman–Crippen LogP) is 3.96. The minimum absolute atomic E-state index is 0.0917. The first-order valence-corrected chi connectivity index (χ1v) is 11.6. The molecule has 1 aliphatic rings. The second-order valence-electron chi connectivity index (χ2n) is 7.64. The number of alkyl halides is 2. The van der Waals surface area contributed by atoms with E-state index in [0.717, 1.165) is 24.2 Å². The number of carbonyl (C=O) groups excluding carboxylic acids is 1. The van der Waals surface area contributed by atoms with E-state index in [0.29, 0.717) is 22.2 Å². The summed E-state index contributed by atoms with van der Waals surface area (Å²) in [6.45, 7) is 0. The third kappa shape index (κ3) is 5.69. The standard InChI is InChI=1S/C24H21F2N7O2S/c1-28-10-14(9-27)18-7-15(16-8-19(22(25)26)30-12-20(16)35-2)17(11-29-18)23(34)31-24-33-32-21(36-24)6-5-13-3-4-13/h7-13,22H,3-4,27H2,1-2H3,(H,31,33,34)/b14-9+,28-10?. The molecule has 4 rings (SSSR count). The van der Waals surface area contributed by atoms with E-state index < -0.39 is 18.0 Å². The average molecular weight is 510 g/mol. The van der Waals surface area contributed by atoms with Crippen molar-refractivity contribution in [2.75, 3.05) is 19.5 Å². The van der Waals surface area contributed by atoms with Crippen LogP contribution in [0.25, 0.3) is 16.7 Å². The number of aromatic nitrogens is 4. The summed E-state index contributed by atoms with van der Waals surface area (Å²) in [5, 5.41) is 11.4. The van der Waals surface area contributed by atoms with Gasteiger partial charge in [0, 0.05) is 48.3 Å². The SMILES string of the molecule is CN=C/C(=C\N)c1cc(-c2cc(C(F)F)ncc2OC)c(C(=O)Nc2nnc(C#CC3CC3)s2)cn1. The van der Waals surface area contributed by atoms with Crippen LogP contribution in [0.3, 0.4) is 0 Å². The largest absolute Gasteiger partial charge is 0.494 e. The summed E-state index contributed by atoms with van der Waals surface area (Å²) in [7, 11) is 2.95. The number of nitrogens with zero attached hydrogens (tertiary/aromatic N) is 5. The second-order valence-corrected chi connectivity index (χ2v) is 8.62. The van der Waals surface area contributed by atoms with Crippen LogP contribution in [-0.4, -0.2) is 46.4 Å². The van der Waals surface area contributed by atoms with E-state index >= 15 is 0 Å². The van der Waals surface area contributed by atoms with Crippen LogP contribution in [0.1, 0.15) is 46.0 Å². The summed E-state index contributed by atoms with van der Waals surface area (Å²) in [5.41, 5.74) is 6.69. The third-order valence-corrected chi connectivity index (χ3v) is 5.87. The minimum atomic E-state index is -2.82. The number of carbonyl (C=O) groups is 1. The van der Waals surface area contributed by atoms with Crippen molar-refractivity contribution in [3.05, 3.63) is 52.7 Å². The average Bonchev–Trinajstić information content (AvgIpc) is 3.62. The zero-order valence-corrected chi connectivity index (χ0v) is 20.1. The van der Waals surface area contributed by atoms with Crippen molar-refractivity contribution in [3.8, 4) is 28.7 Å². The van der Waals surface area contributed by atoms with Gasteiger partial charge < -0.3 is 10.5 Å². The van der Waals surface area contributed by atoms with Crippen molar-refractivity contribution in [2.45, 2.75) is 19.3 Å². The smallest absolute Gasteiger partial charge is 0.280 e. The number of aliphatic imine (C=N–C) groups is 1. The maximum atomic E-state index is 13.5. The van der Waals surface area contributed by atoms with Gasteiger partial charge in [0.1, 0.15) is 11.4 Å². The summed E-state index contributed by atoms with van der Waals surface area (Å²) < 4.78 is 32.3. The van der Waals surface area contributed by atoms with Gasteiger partial charge in [0.25, 0.3) is 12.3 Å². The van der Waals surface area contributed by atoms with E-state index in [1.165, 1.54) is 38.0 Å². The molecule has 0 aromatic carbocycles. The fraction of sp³-hybridized carbons (Fsp3) is 0.250. The molecular formula is C24H21F2N7O2S. The lowest BCUT2D eigenvalue weighted by Gasteiger charge is -2.15. The van der Waals surface area contributed by atoms with Crippen LogP contribution < -0.4 is 15.8 Å². The topological polar surface area (TPSA) is 128 Å². The highest BCUT2D eigenvalue weighted by molar-refractivity contribution is 7.15. The summed E-state index contributed by atoms with van der Waals surface area (Å²) >= 11 is 1.13. The molecule has 1 aliphatic carbocycles. The normalized spacial score (nSPS) is 13.5. The van der Waals surface area contributed by atoms with Gasteiger partial charge >= 0.3 is 0 Å². The molecule has 1 saturated carbocycles. The molecule has 0 spiro atoms. The number of halogens is 2. The molecule has 3 heterocycles. The van der Waals surface area contributed by atoms with Crippen molar-refractivity contribution in [3.63, 3.8) is 0 Å². The lowest BCUT2D eigenvalue weighted by Crippen LogP contribution is -2.14. The molecule has 0 aliphatic heterocycles. The Kier molecular flexibility index (Phi) is 7.60. The Morgan fingerprint density at radius 3 is 2.75 bits per heavy atom. The Labute approximate surface area is 209 Å². The number of methoxy groups -OCH3 is 1. The van der Waals surface area contributed by atoms with E-state index in [9.17, 15) is 13.6 Å². The van der Waals surface area contributed by atoms with Crippen LogP contribution in [-0.2, 0) is 0 Å². The zero-order chi connectivity index (χ0) is 25.7. The number of nitrogens with two attached hydrogens (primary N) is 1. The molecule has 1 amide bonds. The zero-order valence-electron chi connectivity index (χ0n) is 19.3.